The Balaban J connectivity index is 1.80. The number of hydrogen-bond acceptors (Lipinski definition) is 1. The number of fused-ring (bicyclic) bond motifs is 1. The van der Waals surface area contributed by atoms with Crippen molar-refractivity contribution in [3.05, 3.63) is 64.2 Å². The summed E-state index contributed by atoms with van der Waals surface area (Å²) in [7, 11) is 1.81. The lowest BCUT2D eigenvalue weighted by Gasteiger charge is -2.13. The van der Waals surface area contributed by atoms with Crippen molar-refractivity contribution in [2.24, 2.45) is 0 Å². The predicted molar refractivity (Wildman–Crippen MR) is 87.3 cm³/mol. The van der Waals surface area contributed by atoms with E-state index < -0.39 is 0 Å². The number of benzene rings is 2. The highest BCUT2D eigenvalue weighted by Crippen LogP contribution is 2.33. The minimum absolute atomic E-state index is 0.113. The van der Waals surface area contributed by atoms with Crippen molar-refractivity contribution in [2.75, 3.05) is 11.9 Å². The van der Waals surface area contributed by atoms with Gasteiger partial charge in [0.15, 0.2) is 0 Å². The smallest absolute Gasteiger partial charge is 0.231 e. The van der Waals surface area contributed by atoms with E-state index in [2.05, 4.69) is 0 Å². The summed E-state index contributed by atoms with van der Waals surface area (Å²) >= 11 is 12.4. The molecule has 1 aliphatic heterocycles. The molecule has 0 saturated heterocycles. The van der Waals surface area contributed by atoms with Crippen LogP contribution in [-0.4, -0.2) is 13.0 Å². The van der Waals surface area contributed by atoms with Crippen molar-refractivity contribution in [1.82, 2.24) is 0 Å². The summed E-state index contributed by atoms with van der Waals surface area (Å²) in [6.45, 7) is 0. The molecule has 0 radical (unpaired) electrons. The molecule has 21 heavy (non-hydrogen) atoms. The predicted octanol–water partition coefficient (Wildman–Crippen LogP) is 4.38. The maximum atomic E-state index is 11.7. The molecule has 1 unspecified atom stereocenters. The molecule has 1 heterocycles. The monoisotopic (exact) mass is 319 g/mol. The summed E-state index contributed by atoms with van der Waals surface area (Å²) in [5.74, 6) is 0.131. The van der Waals surface area contributed by atoms with Gasteiger partial charge in [-0.3, -0.25) is 4.79 Å². The van der Waals surface area contributed by atoms with Gasteiger partial charge >= 0.3 is 0 Å². The lowest BCUT2D eigenvalue weighted by molar-refractivity contribution is -0.117. The summed E-state index contributed by atoms with van der Waals surface area (Å²) in [5, 5.41) is 0.612. The van der Waals surface area contributed by atoms with Crippen LogP contribution in [0.4, 0.5) is 5.69 Å². The van der Waals surface area contributed by atoms with Crippen LogP contribution in [0.15, 0.2) is 42.5 Å². The van der Waals surface area contributed by atoms with Crippen molar-refractivity contribution in [3.8, 4) is 0 Å². The number of hydrogen-bond donors (Lipinski definition) is 0. The Morgan fingerprint density at radius 2 is 1.90 bits per heavy atom. The minimum Gasteiger partial charge on any atom is -0.315 e. The van der Waals surface area contributed by atoms with Crippen molar-refractivity contribution < 1.29 is 4.79 Å². The molecule has 2 aromatic carbocycles. The fourth-order valence-corrected chi connectivity index (χ4v) is 3.07. The second-order valence-corrected chi connectivity index (χ2v) is 6.28. The standard InChI is InChI=1S/C17H15Cl2NO/c1-20-16-7-4-12(9-13(16)10-17(20)21)15(19)8-11-2-5-14(18)6-3-11/h2-7,9,15H,8,10H2,1H3. The van der Waals surface area contributed by atoms with Gasteiger partial charge in [-0.15, -0.1) is 11.6 Å². The van der Waals surface area contributed by atoms with Gasteiger partial charge in [0.2, 0.25) is 5.91 Å². The summed E-state index contributed by atoms with van der Waals surface area (Å²) < 4.78 is 0. The Kier molecular flexibility index (Phi) is 3.92. The van der Waals surface area contributed by atoms with Crippen LogP contribution in [0.1, 0.15) is 22.1 Å². The second kappa shape index (κ2) is 5.70. The Hall–Kier alpha value is -1.51. The molecule has 1 aliphatic rings. The molecule has 1 atom stereocenters. The first kappa shape index (κ1) is 14.4. The van der Waals surface area contributed by atoms with E-state index in [1.165, 1.54) is 0 Å². The molecule has 2 aromatic rings. The van der Waals surface area contributed by atoms with E-state index in [9.17, 15) is 4.79 Å². The number of carbonyl (C=O) groups excluding carboxylic acids is 1. The molecular formula is C17H15Cl2NO. The SMILES string of the molecule is CN1C(=O)Cc2cc(C(Cl)Cc3ccc(Cl)cc3)ccc21. The maximum absolute atomic E-state index is 11.7. The summed E-state index contributed by atoms with van der Waals surface area (Å²) in [4.78, 5) is 13.4. The Bertz CT molecular complexity index is 682. The van der Waals surface area contributed by atoms with Gasteiger partial charge in [0.05, 0.1) is 11.8 Å². The van der Waals surface area contributed by atoms with E-state index in [-0.39, 0.29) is 11.3 Å². The van der Waals surface area contributed by atoms with Gasteiger partial charge in [-0.25, -0.2) is 0 Å². The zero-order valence-corrected chi connectivity index (χ0v) is 13.2. The van der Waals surface area contributed by atoms with Crippen LogP contribution in [0.2, 0.25) is 5.02 Å². The number of nitrogens with zero attached hydrogens (tertiary/aromatic N) is 1. The highest BCUT2D eigenvalue weighted by atomic mass is 35.5. The lowest BCUT2D eigenvalue weighted by Crippen LogP contribution is -2.20. The largest absolute Gasteiger partial charge is 0.315 e. The lowest BCUT2D eigenvalue weighted by atomic mass is 10.0. The van der Waals surface area contributed by atoms with Crippen LogP contribution >= 0.6 is 23.2 Å². The molecule has 0 saturated carbocycles. The first-order chi connectivity index (χ1) is 10.0. The number of halogens is 2. The number of anilines is 1. The Morgan fingerprint density at radius 1 is 1.19 bits per heavy atom. The van der Waals surface area contributed by atoms with Gasteiger partial charge in [0.25, 0.3) is 0 Å². The molecule has 0 N–H and O–H groups in total. The average molecular weight is 320 g/mol. The van der Waals surface area contributed by atoms with Crippen LogP contribution in [0.3, 0.4) is 0 Å². The van der Waals surface area contributed by atoms with Crippen LogP contribution in [0, 0.1) is 0 Å². The first-order valence-electron chi connectivity index (χ1n) is 6.82. The van der Waals surface area contributed by atoms with Gasteiger partial charge in [-0.2, -0.15) is 0 Å². The van der Waals surface area contributed by atoms with E-state index >= 15 is 0 Å². The molecule has 0 bridgehead atoms. The third kappa shape index (κ3) is 2.92. The van der Waals surface area contributed by atoms with Crippen molar-refractivity contribution in [1.29, 1.82) is 0 Å². The van der Waals surface area contributed by atoms with E-state index in [0.717, 1.165) is 33.8 Å². The fourth-order valence-electron chi connectivity index (χ4n) is 2.63. The molecule has 0 aliphatic carbocycles. The van der Waals surface area contributed by atoms with Crippen LogP contribution < -0.4 is 4.90 Å². The third-order valence-corrected chi connectivity index (χ3v) is 4.53. The van der Waals surface area contributed by atoms with Crippen LogP contribution in [0.25, 0.3) is 0 Å². The maximum Gasteiger partial charge on any atom is 0.231 e. The third-order valence-electron chi connectivity index (χ3n) is 3.87. The Morgan fingerprint density at radius 3 is 2.62 bits per heavy atom. The fraction of sp³-hybridized carbons (Fsp3) is 0.235. The van der Waals surface area contributed by atoms with E-state index in [1.54, 1.807) is 11.9 Å². The summed E-state index contributed by atoms with van der Waals surface area (Å²) in [6.07, 6.45) is 1.20. The zero-order valence-electron chi connectivity index (χ0n) is 11.6. The van der Waals surface area contributed by atoms with Crippen LogP contribution in [-0.2, 0) is 17.6 Å². The summed E-state index contributed by atoms with van der Waals surface area (Å²) in [5.41, 5.74) is 4.24. The van der Waals surface area contributed by atoms with Crippen molar-refractivity contribution in [2.45, 2.75) is 18.2 Å². The number of amides is 1. The van der Waals surface area contributed by atoms with Gasteiger partial charge in [-0.1, -0.05) is 35.9 Å². The van der Waals surface area contributed by atoms with E-state index in [1.807, 2.05) is 42.5 Å². The van der Waals surface area contributed by atoms with Gasteiger partial charge in [0, 0.05) is 17.8 Å². The van der Waals surface area contributed by atoms with Gasteiger partial charge in [-0.05, 0) is 41.3 Å². The van der Waals surface area contributed by atoms with Crippen LogP contribution in [0.5, 0.6) is 0 Å². The molecule has 1 amide bonds. The molecule has 2 nitrogen and oxygen atoms in total. The zero-order chi connectivity index (χ0) is 15.0. The minimum atomic E-state index is -0.113. The number of likely N-dealkylation sites (N-methyl/N-ethyl adjacent to an activating group) is 1. The van der Waals surface area contributed by atoms with E-state index in [0.29, 0.717) is 6.42 Å². The Labute approximate surface area is 134 Å². The number of rotatable bonds is 3. The highest BCUT2D eigenvalue weighted by Gasteiger charge is 2.24. The molecule has 0 aromatic heterocycles. The molecular weight excluding hydrogens is 305 g/mol. The molecule has 0 fully saturated rings. The normalized spacial score (nSPS) is 15.2. The van der Waals surface area contributed by atoms with E-state index in [4.69, 9.17) is 23.2 Å². The summed E-state index contributed by atoms with van der Waals surface area (Å²) in [6, 6.07) is 13.7. The molecule has 0 spiro atoms. The number of alkyl halides is 1. The second-order valence-electron chi connectivity index (χ2n) is 5.32. The topological polar surface area (TPSA) is 20.3 Å². The van der Waals surface area contributed by atoms with Gasteiger partial charge < -0.3 is 4.90 Å². The van der Waals surface area contributed by atoms with Crippen molar-refractivity contribution >= 4 is 34.8 Å². The van der Waals surface area contributed by atoms with Crippen molar-refractivity contribution in [3.63, 3.8) is 0 Å². The molecule has 4 heteroatoms. The number of carbonyl (C=O) groups is 1. The first-order valence-corrected chi connectivity index (χ1v) is 7.64. The molecule has 108 valence electrons. The molecule has 3 rings (SSSR count). The van der Waals surface area contributed by atoms with Gasteiger partial charge in [0.1, 0.15) is 0 Å². The average Bonchev–Trinajstić information content (AvgIpc) is 2.76. The quantitative estimate of drug-likeness (QED) is 0.769. The highest BCUT2D eigenvalue weighted by molar-refractivity contribution is 6.30.